The van der Waals surface area contributed by atoms with Crippen LogP contribution in [0.3, 0.4) is 0 Å². The Hall–Kier alpha value is -0.900. The molecule has 0 N–H and O–H groups in total. The lowest BCUT2D eigenvalue weighted by Crippen LogP contribution is -2.38. The maximum Gasteiger partial charge on any atom is 0.273 e. The molecule has 0 fully saturated rings. The Labute approximate surface area is 88.8 Å². The van der Waals surface area contributed by atoms with E-state index in [-0.39, 0.29) is 11.9 Å². The zero-order valence-corrected chi connectivity index (χ0v) is 9.67. The van der Waals surface area contributed by atoms with Gasteiger partial charge in [-0.25, -0.2) is 4.98 Å². The molecule has 0 saturated heterocycles. The van der Waals surface area contributed by atoms with Crippen molar-refractivity contribution in [2.45, 2.75) is 33.2 Å². The van der Waals surface area contributed by atoms with Crippen molar-refractivity contribution in [1.29, 1.82) is 0 Å². The number of nitrogens with zero attached hydrogens (tertiary/aromatic N) is 2. The predicted molar refractivity (Wildman–Crippen MR) is 58.6 cm³/mol. The molecule has 3 nitrogen and oxygen atoms in total. The lowest BCUT2D eigenvalue weighted by atomic mass is 10.2. The standard InChI is InChI=1S/C10H16N2OS/c1-4-8(3)12(5-2)10(13)9-6-14-7-11-9/h6-8H,4-5H2,1-3H3. The fourth-order valence-corrected chi connectivity index (χ4v) is 1.87. The summed E-state index contributed by atoms with van der Waals surface area (Å²) in [5.74, 6) is 0.0445. The molecule has 1 amide bonds. The van der Waals surface area contributed by atoms with E-state index >= 15 is 0 Å². The molecule has 0 bridgehead atoms. The van der Waals surface area contributed by atoms with Gasteiger partial charge in [-0.15, -0.1) is 11.3 Å². The van der Waals surface area contributed by atoms with Crippen molar-refractivity contribution in [2.75, 3.05) is 6.54 Å². The average Bonchev–Trinajstić information content (AvgIpc) is 2.71. The molecule has 1 heterocycles. The maximum absolute atomic E-state index is 11.9. The van der Waals surface area contributed by atoms with E-state index in [9.17, 15) is 4.79 Å². The first-order valence-corrected chi connectivity index (χ1v) is 5.84. The molecule has 78 valence electrons. The van der Waals surface area contributed by atoms with Crippen LogP contribution < -0.4 is 0 Å². The molecule has 1 rings (SSSR count). The highest BCUT2D eigenvalue weighted by Crippen LogP contribution is 2.10. The summed E-state index contributed by atoms with van der Waals surface area (Å²) >= 11 is 1.46. The van der Waals surface area contributed by atoms with Crippen LogP contribution in [0.2, 0.25) is 0 Å². The van der Waals surface area contributed by atoms with E-state index in [2.05, 4.69) is 18.8 Å². The van der Waals surface area contributed by atoms with E-state index in [1.54, 1.807) is 10.9 Å². The van der Waals surface area contributed by atoms with E-state index < -0.39 is 0 Å². The van der Waals surface area contributed by atoms with Crippen molar-refractivity contribution < 1.29 is 4.79 Å². The van der Waals surface area contributed by atoms with Gasteiger partial charge in [-0.1, -0.05) is 6.92 Å². The molecule has 0 aliphatic rings. The van der Waals surface area contributed by atoms with E-state index in [0.29, 0.717) is 5.69 Å². The summed E-state index contributed by atoms with van der Waals surface area (Å²) in [5.41, 5.74) is 2.26. The Kier molecular flexibility index (Phi) is 4.07. The quantitative estimate of drug-likeness (QED) is 0.768. The van der Waals surface area contributed by atoms with Crippen LogP contribution in [0, 0.1) is 0 Å². The molecular formula is C10H16N2OS. The molecule has 14 heavy (non-hydrogen) atoms. The molecule has 1 aromatic heterocycles. The van der Waals surface area contributed by atoms with Gasteiger partial charge in [0.15, 0.2) is 0 Å². The number of hydrogen-bond donors (Lipinski definition) is 0. The first kappa shape index (κ1) is 11.2. The molecule has 0 radical (unpaired) electrons. The Morgan fingerprint density at radius 3 is 2.79 bits per heavy atom. The first-order chi connectivity index (χ1) is 6.70. The minimum absolute atomic E-state index is 0.0445. The van der Waals surface area contributed by atoms with Gasteiger partial charge < -0.3 is 4.90 Å². The fourth-order valence-electron chi connectivity index (χ4n) is 1.34. The summed E-state index contributed by atoms with van der Waals surface area (Å²) < 4.78 is 0. The van der Waals surface area contributed by atoms with E-state index in [1.165, 1.54) is 11.3 Å². The van der Waals surface area contributed by atoms with Crippen molar-refractivity contribution in [3.63, 3.8) is 0 Å². The van der Waals surface area contributed by atoms with Crippen LogP contribution in [0.15, 0.2) is 10.9 Å². The molecule has 0 aromatic carbocycles. The molecule has 0 aliphatic heterocycles. The second kappa shape index (κ2) is 5.10. The molecule has 1 atom stereocenters. The molecule has 1 aromatic rings. The van der Waals surface area contributed by atoms with Gasteiger partial charge in [0, 0.05) is 18.0 Å². The molecule has 1 unspecified atom stereocenters. The SMILES string of the molecule is CCC(C)N(CC)C(=O)c1cscn1. The second-order valence-corrected chi connectivity index (χ2v) is 3.94. The van der Waals surface area contributed by atoms with Crippen molar-refractivity contribution >= 4 is 17.2 Å². The van der Waals surface area contributed by atoms with Gasteiger partial charge in [-0.3, -0.25) is 4.79 Å². The number of carbonyl (C=O) groups excluding carboxylic acids is 1. The molecule has 0 spiro atoms. The van der Waals surface area contributed by atoms with Gasteiger partial charge in [-0.2, -0.15) is 0 Å². The predicted octanol–water partition coefficient (Wildman–Crippen LogP) is 2.40. The number of thiazole rings is 1. The van der Waals surface area contributed by atoms with Gasteiger partial charge >= 0.3 is 0 Å². The summed E-state index contributed by atoms with van der Waals surface area (Å²) in [5, 5.41) is 1.80. The smallest absolute Gasteiger partial charge is 0.273 e. The van der Waals surface area contributed by atoms with Gasteiger partial charge in [0.1, 0.15) is 5.69 Å². The summed E-state index contributed by atoms with van der Waals surface area (Å²) in [4.78, 5) is 17.8. The van der Waals surface area contributed by atoms with Crippen molar-refractivity contribution in [2.24, 2.45) is 0 Å². The van der Waals surface area contributed by atoms with E-state index in [0.717, 1.165) is 13.0 Å². The van der Waals surface area contributed by atoms with E-state index in [4.69, 9.17) is 0 Å². The number of aromatic nitrogens is 1. The third-order valence-corrected chi connectivity index (χ3v) is 2.96. The fraction of sp³-hybridized carbons (Fsp3) is 0.600. The number of hydrogen-bond acceptors (Lipinski definition) is 3. The monoisotopic (exact) mass is 212 g/mol. The van der Waals surface area contributed by atoms with Crippen LogP contribution in [0.4, 0.5) is 0 Å². The Morgan fingerprint density at radius 2 is 2.36 bits per heavy atom. The lowest BCUT2D eigenvalue weighted by molar-refractivity contribution is 0.0695. The number of rotatable bonds is 4. The molecule has 0 saturated carbocycles. The van der Waals surface area contributed by atoms with Gasteiger partial charge in [0.25, 0.3) is 5.91 Å². The number of carbonyl (C=O) groups is 1. The summed E-state index contributed by atoms with van der Waals surface area (Å²) in [6.45, 7) is 6.89. The Bertz CT molecular complexity index is 284. The lowest BCUT2D eigenvalue weighted by Gasteiger charge is -2.26. The average molecular weight is 212 g/mol. The third kappa shape index (κ3) is 2.32. The Morgan fingerprint density at radius 1 is 1.64 bits per heavy atom. The Balaban J connectivity index is 2.75. The highest BCUT2D eigenvalue weighted by molar-refractivity contribution is 7.07. The molecular weight excluding hydrogens is 196 g/mol. The van der Waals surface area contributed by atoms with E-state index in [1.807, 2.05) is 11.8 Å². The number of amides is 1. The van der Waals surface area contributed by atoms with Crippen molar-refractivity contribution in [3.8, 4) is 0 Å². The second-order valence-electron chi connectivity index (χ2n) is 3.22. The first-order valence-electron chi connectivity index (χ1n) is 4.89. The van der Waals surface area contributed by atoms with Crippen LogP contribution in [0.1, 0.15) is 37.7 Å². The normalized spacial score (nSPS) is 12.5. The minimum Gasteiger partial charge on any atom is -0.335 e. The third-order valence-electron chi connectivity index (χ3n) is 2.38. The zero-order chi connectivity index (χ0) is 10.6. The summed E-state index contributed by atoms with van der Waals surface area (Å²) in [7, 11) is 0. The van der Waals surface area contributed by atoms with Crippen molar-refractivity contribution in [1.82, 2.24) is 9.88 Å². The van der Waals surface area contributed by atoms with Crippen LogP contribution in [-0.4, -0.2) is 28.4 Å². The van der Waals surface area contributed by atoms with Crippen LogP contribution in [0.25, 0.3) is 0 Å². The highest BCUT2D eigenvalue weighted by atomic mass is 32.1. The zero-order valence-electron chi connectivity index (χ0n) is 8.86. The summed E-state index contributed by atoms with van der Waals surface area (Å²) in [6, 6.07) is 0.286. The minimum atomic E-state index is 0.0445. The van der Waals surface area contributed by atoms with Gasteiger partial charge in [-0.05, 0) is 20.3 Å². The van der Waals surface area contributed by atoms with Crippen molar-refractivity contribution in [3.05, 3.63) is 16.6 Å². The highest BCUT2D eigenvalue weighted by Gasteiger charge is 2.19. The topological polar surface area (TPSA) is 33.2 Å². The summed E-state index contributed by atoms with van der Waals surface area (Å²) in [6.07, 6.45) is 0.976. The molecule has 4 heteroatoms. The van der Waals surface area contributed by atoms with Gasteiger partial charge in [0.05, 0.1) is 5.51 Å². The van der Waals surface area contributed by atoms with Crippen LogP contribution in [-0.2, 0) is 0 Å². The largest absolute Gasteiger partial charge is 0.335 e. The van der Waals surface area contributed by atoms with Crippen LogP contribution >= 0.6 is 11.3 Å². The molecule has 0 aliphatic carbocycles. The maximum atomic E-state index is 11.9. The van der Waals surface area contributed by atoms with Crippen LogP contribution in [0.5, 0.6) is 0 Å². The van der Waals surface area contributed by atoms with Gasteiger partial charge in [0.2, 0.25) is 0 Å².